The second kappa shape index (κ2) is 9.28. The minimum atomic E-state index is -0.565. The third kappa shape index (κ3) is 4.74. The lowest BCUT2D eigenvalue weighted by Crippen LogP contribution is -2.48. The molecule has 1 aliphatic rings. The molecule has 1 aromatic carbocycles. The molecule has 1 saturated heterocycles. The van der Waals surface area contributed by atoms with E-state index >= 15 is 0 Å². The zero-order chi connectivity index (χ0) is 23.7. The van der Waals surface area contributed by atoms with Gasteiger partial charge in [0.05, 0.1) is 29.0 Å². The molecular formula is C21H22ClFN6O4. The van der Waals surface area contributed by atoms with Crippen LogP contribution in [0.2, 0.25) is 5.02 Å². The van der Waals surface area contributed by atoms with Gasteiger partial charge < -0.3 is 19.5 Å². The topological polar surface area (TPSA) is 111 Å². The van der Waals surface area contributed by atoms with Crippen molar-refractivity contribution in [2.24, 2.45) is 0 Å². The van der Waals surface area contributed by atoms with E-state index in [9.17, 15) is 19.3 Å². The predicted molar refractivity (Wildman–Crippen MR) is 117 cm³/mol. The van der Waals surface area contributed by atoms with Gasteiger partial charge in [0, 0.05) is 43.3 Å². The number of carbonyl (C=O) groups excluding carboxylic acids is 1. The first-order valence-electron chi connectivity index (χ1n) is 10.3. The van der Waals surface area contributed by atoms with Crippen molar-refractivity contribution in [1.82, 2.24) is 24.7 Å². The number of nitro groups is 1. The Morgan fingerprint density at radius 2 is 1.94 bits per heavy atom. The minimum Gasteiger partial charge on any atom is -0.361 e. The van der Waals surface area contributed by atoms with Crippen LogP contribution in [0, 0.1) is 29.8 Å². The first-order chi connectivity index (χ1) is 15.7. The lowest BCUT2D eigenvalue weighted by atomic mass is 10.1. The average Bonchev–Trinajstić information content (AvgIpc) is 3.34. The predicted octanol–water partition coefficient (Wildman–Crippen LogP) is 3.19. The quantitative estimate of drug-likeness (QED) is 0.397. The second-order valence-corrected chi connectivity index (χ2v) is 8.30. The molecule has 33 heavy (non-hydrogen) atoms. The van der Waals surface area contributed by atoms with Crippen LogP contribution in [-0.4, -0.2) is 61.7 Å². The SMILES string of the molecule is Cc1onc(C(=O)N2CCN(Cc3c(F)cccc3Cl)CC2)c1Cn1nc([N+](=O)[O-])cc1C. The average molecular weight is 477 g/mol. The highest BCUT2D eigenvalue weighted by Crippen LogP contribution is 2.23. The van der Waals surface area contributed by atoms with E-state index in [0.29, 0.717) is 60.3 Å². The van der Waals surface area contributed by atoms with Crippen molar-refractivity contribution >= 4 is 23.3 Å². The van der Waals surface area contributed by atoms with Crippen LogP contribution in [-0.2, 0) is 13.1 Å². The molecule has 4 rings (SSSR count). The summed E-state index contributed by atoms with van der Waals surface area (Å²) < 4.78 is 20.8. The molecular weight excluding hydrogens is 455 g/mol. The van der Waals surface area contributed by atoms with Gasteiger partial charge in [-0.3, -0.25) is 9.69 Å². The zero-order valence-corrected chi connectivity index (χ0v) is 18.9. The zero-order valence-electron chi connectivity index (χ0n) is 18.1. The fourth-order valence-corrected chi connectivity index (χ4v) is 4.03. The normalized spacial score (nSPS) is 14.6. The molecule has 0 aliphatic carbocycles. The Hall–Kier alpha value is -3.31. The van der Waals surface area contributed by atoms with E-state index in [-0.39, 0.29) is 29.8 Å². The Kier molecular flexibility index (Phi) is 6.43. The van der Waals surface area contributed by atoms with Crippen LogP contribution in [0.4, 0.5) is 10.2 Å². The molecule has 174 valence electrons. The van der Waals surface area contributed by atoms with Crippen molar-refractivity contribution in [2.75, 3.05) is 26.2 Å². The smallest absolute Gasteiger partial charge is 0.361 e. The maximum Gasteiger partial charge on any atom is 0.390 e. The number of hydrogen-bond acceptors (Lipinski definition) is 7. The van der Waals surface area contributed by atoms with E-state index < -0.39 is 4.92 Å². The number of amides is 1. The lowest BCUT2D eigenvalue weighted by molar-refractivity contribution is -0.389. The van der Waals surface area contributed by atoms with Gasteiger partial charge in [0.15, 0.2) is 5.69 Å². The van der Waals surface area contributed by atoms with E-state index in [1.165, 1.54) is 16.8 Å². The number of benzene rings is 1. The van der Waals surface area contributed by atoms with Crippen LogP contribution < -0.4 is 0 Å². The molecule has 3 heterocycles. The van der Waals surface area contributed by atoms with Crippen LogP contribution in [0.25, 0.3) is 0 Å². The van der Waals surface area contributed by atoms with Gasteiger partial charge in [0.1, 0.15) is 11.6 Å². The Bertz CT molecular complexity index is 1180. The van der Waals surface area contributed by atoms with Gasteiger partial charge in [-0.2, -0.15) is 4.68 Å². The molecule has 0 atom stereocenters. The van der Waals surface area contributed by atoms with Crippen molar-refractivity contribution in [2.45, 2.75) is 26.9 Å². The highest BCUT2D eigenvalue weighted by atomic mass is 35.5. The standard InChI is InChI=1S/C21H22ClFN6O4/c1-13-10-19(29(31)32)24-28(13)12-15-14(2)33-25-20(15)21(30)27-8-6-26(7-9-27)11-16-17(22)4-3-5-18(16)23/h3-5,10H,6-9,11-12H2,1-2H3. The summed E-state index contributed by atoms with van der Waals surface area (Å²) in [6.45, 7) is 5.83. The molecule has 2 aromatic heterocycles. The molecule has 1 fully saturated rings. The Morgan fingerprint density at radius 3 is 2.58 bits per heavy atom. The highest BCUT2D eigenvalue weighted by molar-refractivity contribution is 6.31. The van der Waals surface area contributed by atoms with Crippen molar-refractivity contribution in [3.63, 3.8) is 0 Å². The summed E-state index contributed by atoms with van der Waals surface area (Å²) in [4.78, 5) is 27.3. The summed E-state index contributed by atoms with van der Waals surface area (Å²) in [5, 5.41) is 19.3. The molecule has 1 amide bonds. The van der Waals surface area contributed by atoms with Crippen LogP contribution >= 0.6 is 11.6 Å². The van der Waals surface area contributed by atoms with Crippen LogP contribution in [0.1, 0.15) is 33.1 Å². The first-order valence-corrected chi connectivity index (χ1v) is 10.7. The Labute approximate surface area is 193 Å². The number of halogens is 2. The summed E-state index contributed by atoms with van der Waals surface area (Å²) in [6, 6.07) is 5.97. The Morgan fingerprint density at radius 1 is 1.21 bits per heavy atom. The van der Waals surface area contributed by atoms with E-state index in [4.69, 9.17) is 16.1 Å². The molecule has 0 bridgehead atoms. The third-order valence-electron chi connectivity index (χ3n) is 5.75. The molecule has 3 aromatic rings. The Balaban J connectivity index is 1.44. The fourth-order valence-electron chi connectivity index (χ4n) is 3.80. The van der Waals surface area contributed by atoms with Crippen LogP contribution in [0.3, 0.4) is 0 Å². The molecule has 0 radical (unpaired) electrons. The summed E-state index contributed by atoms with van der Waals surface area (Å²) in [5.41, 5.74) is 1.72. The van der Waals surface area contributed by atoms with Crippen molar-refractivity contribution in [3.8, 4) is 0 Å². The maximum atomic E-state index is 14.1. The van der Waals surface area contributed by atoms with Crippen molar-refractivity contribution < 1.29 is 18.6 Å². The highest BCUT2D eigenvalue weighted by Gasteiger charge is 2.29. The summed E-state index contributed by atoms with van der Waals surface area (Å²) in [5.74, 6) is -0.452. The second-order valence-electron chi connectivity index (χ2n) is 7.89. The van der Waals surface area contributed by atoms with Gasteiger partial charge >= 0.3 is 5.82 Å². The van der Waals surface area contributed by atoms with E-state index in [1.54, 1.807) is 30.9 Å². The number of carbonyl (C=O) groups is 1. The molecule has 12 heteroatoms. The summed E-state index contributed by atoms with van der Waals surface area (Å²) in [7, 11) is 0. The number of aryl methyl sites for hydroxylation is 2. The van der Waals surface area contributed by atoms with E-state index in [0.717, 1.165) is 0 Å². The third-order valence-corrected chi connectivity index (χ3v) is 6.11. The lowest BCUT2D eigenvalue weighted by Gasteiger charge is -2.34. The fraction of sp³-hybridized carbons (Fsp3) is 0.381. The van der Waals surface area contributed by atoms with Crippen molar-refractivity contribution in [3.05, 3.63) is 73.5 Å². The molecule has 1 aliphatic heterocycles. The van der Waals surface area contributed by atoms with Gasteiger partial charge in [0.2, 0.25) is 0 Å². The molecule has 0 N–H and O–H groups in total. The maximum absolute atomic E-state index is 14.1. The summed E-state index contributed by atoms with van der Waals surface area (Å²) >= 11 is 6.13. The number of nitrogens with zero attached hydrogens (tertiary/aromatic N) is 6. The first kappa shape index (κ1) is 22.9. The number of rotatable bonds is 6. The van der Waals surface area contributed by atoms with Crippen LogP contribution in [0.5, 0.6) is 0 Å². The van der Waals surface area contributed by atoms with Gasteiger partial charge in [-0.15, -0.1) is 0 Å². The molecule has 0 saturated carbocycles. The van der Waals surface area contributed by atoms with E-state index in [1.807, 2.05) is 4.90 Å². The molecule has 0 spiro atoms. The van der Waals surface area contributed by atoms with Gasteiger partial charge in [0.25, 0.3) is 5.91 Å². The minimum absolute atomic E-state index is 0.127. The van der Waals surface area contributed by atoms with E-state index in [2.05, 4.69) is 10.3 Å². The van der Waals surface area contributed by atoms with Gasteiger partial charge in [-0.25, -0.2) is 4.39 Å². The largest absolute Gasteiger partial charge is 0.390 e. The van der Waals surface area contributed by atoms with Crippen LogP contribution in [0.15, 0.2) is 28.8 Å². The summed E-state index contributed by atoms with van der Waals surface area (Å²) in [6.07, 6.45) is 0. The monoisotopic (exact) mass is 476 g/mol. The number of aromatic nitrogens is 3. The van der Waals surface area contributed by atoms with Gasteiger partial charge in [-0.1, -0.05) is 22.8 Å². The molecule has 0 unspecified atom stereocenters. The number of piperazine rings is 1. The number of hydrogen-bond donors (Lipinski definition) is 0. The van der Waals surface area contributed by atoms with Gasteiger partial charge in [-0.05, 0) is 30.9 Å². The van der Waals surface area contributed by atoms with Crippen molar-refractivity contribution in [1.29, 1.82) is 0 Å². The molecule has 10 nitrogen and oxygen atoms in total.